The number of aliphatic hydroxyl groups excluding tert-OH is 2. The first-order valence-corrected chi connectivity index (χ1v) is 10.1. The van der Waals surface area contributed by atoms with Crippen LogP contribution in [0, 0.1) is 5.41 Å². The molecule has 2 aromatic rings. The number of esters is 1. The van der Waals surface area contributed by atoms with Crippen LogP contribution in [0.25, 0.3) is 0 Å². The van der Waals surface area contributed by atoms with E-state index in [0.29, 0.717) is 0 Å². The van der Waals surface area contributed by atoms with Crippen molar-refractivity contribution in [2.24, 2.45) is 5.41 Å². The van der Waals surface area contributed by atoms with Gasteiger partial charge >= 0.3 is 5.97 Å². The summed E-state index contributed by atoms with van der Waals surface area (Å²) in [6.07, 6.45) is -2.96. The highest BCUT2D eigenvalue weighted by atomic mass is 16.6. The molecular formula is C24H31NO4. The maximum Gasteiger partial charge on any atom is 0.311 e. The Balaban J connectivity index is 1.98. The van der Waals surface area contributed by atoms with E-state index in [4.69, 9.17) is 4.74 Å². The molecule has 4 atom stereocenters. The molecular weight excluding hydrogens is 366 g/mol. The zero-order chi connectivity index (χ0) is 21.2. The van der Waals surface area contributed by atoms with Crippen LogP contribution in [0.4, 0.5) is 0 Å². The Morgan fingerprint density at radius 3 is 1.93 bits per heavy atom. The number of hydrogen-bond donors (Lipinski definition) is 2. The van der Waals surface area contributed by atoms with Gasteiger partial charge in [-0.15, -0.1) is 0 Å². The zero-order valence-corrected chi connectivity index (χ0v) is 17.5. The summed E-state index contributed by atoms with van der Waals surface area (Å²) in [4.78, 5) is 14.6. The molecule has 0 radical (unpaired) electrons. The molecule has 0 unspecified atom stereocenters. The van der Waals surface area contributed by atoms with Gasteiger partial charge in [0, 0.05) is 12.6 Å². The molecule has 0 aromatic heterocycles. The Kier molecular flexibility index (Phi) is 6.42. The van der Waals surface area contributed by atoms with Crippen molar-refractivity contribution in [2.75, 3.05) is 6.54 Å². The molecule has 3 rings (SSSR count). The third kappa shape index (κ3) is 4.69. The molecule has 0 spiro atoms. The topological polar surface area (TPSA) is 70.0 Å². The maximum absolute atomic E-state index is 12.5. The van der Waals surface area contributed by atoms with Crippen LogP contribution in [-0.4, -0.2) is 52.0 Å². The molecule has 1 saturated heterocycles. The Bertz CT molecular complexity index is 763. The summed E-state index contributed by atoms with van der Waals surface area (Å²) in [5.74, 6) is -0.390. The molecule has 2 N–H and O–H groups in total. The number of piperidine rings is 1. The zero-order valence-electron chi connectivity index (χ0n) is 17.5. The van der Waals surface area contributed by atoms with Crippen molar-refractivity contribution in [1.29, 1.82) is 0 Å². The van der Waals surface area contributed by atoms with Crippen molar-refractivity contribution in [3.05, 3.63) is 71.8 Å². The van der Waals surface area contributed by atoms with E-state index in [0.717, 1.165) is 11.1 Å². The summed E-state index contributed by atoms with van der Waals surface area (Å²) in [5, 5.41) is 21.2. The lowest BCUT2D eigenvalue weighted by molar-refractivity contribution is -0.189. The molecule has 29 heavy (non-hydrogen) atoms. The molecule has 2 aromatic carbocycles. The first kappa shape index (κ1) is 21.5. The minimum absolute atomic E-state index is 0.134. The minimum Gasteiger partial charge on any atom is -0.457 e. The summed E-state index contributed by atoms with van der Waals surface area (Å²) < 4.78 is 5.71. The highest BCUT2D eigenvalue weighted by Crippen LogP contribution is 2.35. The Morgan fingerprint density at radius 1 is 1.00 bits per heavy atom. The molecule has 1 aliphatic heterocycles. The van der Waals surface area contributed by atoms with E-state index in [-0.39, 0.29) is 18.6 Å². The Hall–Kier alpha value is -2.21. The van der Waals surface area contributed by atoms with Crippen molar-refractivity contribution >= 4 is 5.97 Å². The standard InChI is InChI=1S/C24H31NO4/c1-16-22(29-23(28)24(2,3)4)21(27)19(26)15-25(16)20(17-11-7-5-8-12-17)18-13-9-6-10-14-18/h5-14,16,19-22,26-27H,15H2,1-4H3/t16-,19+,21+,22+/m0/s1. The van der Waals surface area contributed by atoms with E-state index in [1.165, 1.54) is 0 Å². The van der Waals surface area contributed by atoms with Crippen LogP contribution in [0.5, 0.6) is 0 Å². The van der Waals surface area contributed by atoms with Gasteiger partial charge in [0.15, 0.2) is 0 Å². The second kappa shape index (κ2) is 8.66. The molecule has 156 valence electrons. The minimum atomic E-state index is -1.13. The number of hydrogen-bond acceptors (Lipinski definition) is 5. The van der Waals surface area contributed by atoms with Crippen LogP contribution < -0.4 is 0 Å². The van der Waals surface area contributed by atoms with Crippen LogP contribution in [0.2, 0.25) is 0 Å². The van der Waals surface area contributed by atoms with Crippen LogP contribution in [0.15, 0.2) is 60.7 Å². The summed E-state index contributed by atoms with van der Waals surface area (Å²) in [7, 11) is 0. The highest BCUT2D eigenvalue weighted by Gasteiger charge is 2.46. The third-order valence-corrected chi connectivity index (χ3v) is 5.55. The van der Waals surface area contributed by atoms with Gasteiger partial charge in [0.25, 0.3) is 0 Å². The monoisotopic (exact) mass is 397 g/mol. The van der Waals surface area contributed by atoms with Gasteiger partial charge < -0.3 is 14.9 Å². The quantitative estimate of drug-likeness (QED) is 0.776. The Labute approximate surface area is 172 Å². The van der Waals surface area contributed by atoms with E-state index in [1.54, 1.807) is 20.8 Å². The smallest absolute Gasteiger partial charge is 0.311 e. The number of ether oxygens (including phenoxy) is 1. The second-order valence-corrected chi connectivity index (χ2v) is 8.84. The number of carbonyl (C=O) groups excluding carboxylic acids is 1. The predicted octanol–water partition coefficient (Wildman–Crippen LogP) is 3.16. The molecule has 0 saturated carbocycles. The molecule has 0 aliphatic carbocycles. The average Bonchev–Trinajstić information content (AvgIpc) is 2.70. The fourth-order valence-corrected chi connectivity index (χ4v) is 3.84. The first-order valence-electron chi connectivity index (χ1n) is 10.1. The van der Waals surface area contributed by atoms with Gasteiger partial charge in [-0.25, -0.2) is 0 Å². The van der Waals surface area contributed by atoms with E-state index in [9.17, 15) is 15.0 Å². The van der Waals surface area contributed by atoms with Gasteiger partial charge in [0.05, 0.1) is 17.6 Å². The summed E-state index contributed by atoms with van der Waals surface area (Å²) in [6.45, 7) is 7.55. The van der Waals surface area contributed by atoms with Gasteiger partial charge in [-0.05, 0) is 38.8 Å². The number of benzene rings is 2. The summed E-state index contributed by atoms with van der Waals surface area (Å²) in [5.41, 5.74) is 1.47. The number of rotatable bonds is 4. The van der Waals surface area contributed by atoms with Crippen LogP contribution in [0.3, 0.4) is 0 Å². The van der Waals surface area contributed by atoms with Crippen molar-refractivity contribution < 1.29 is 19.7 Å². The van der Waals surface area contributed by atoms with Gasteiger partial charge in [0.1, 0.15) is 12.2 Å². The second-order valence-electron chi connectivity index (χ2n) is 8.84. The lowest BCUT2D eigenvalue weighted by atomic mass is 9.88. The summed E-state index contributed by atoms with van der Waals surface area (Å²) >= 11 is 0. The number of nitrogens with zero attached hydrogens (tertiary/aromatic N) is 1. The fraction of sp³-hybridized carbons (Fsp3) is 0.458. The maximum atomic E-state index is 12.5. The van der Waals surface area contributed by atoms with Gasteiger partial charge in [-0.2, -0.15) is 0 Å². The van der Waals surface area contributed by atoms with Crippen molar-refractivity contribution in [1.82, 2.24) is 4.90 Å². The van der Waals surface area contributed by atoms with Crippen LogP contribution in [-0.2, 0) is 9.53 Å². The number of carbonyl (C=O) groups is 1. The molecule has 0 amide bonds. The third-order valence-electron chi connectivity index (χ3n) is 5.55. The molecule has 5 nitrogen and oxygen atoms in total. The van der Waals surface area contributed by atoms with Crippen molar-refractivity contribution in [3.63, 3.8) is 0 Å². The number of likely N-dealkylation sites (tertiary alicyclic amines) is 1. The Morgan fingerprint density at radius 2 is 1.48 bits per heavy atom. The fourth-order valence-electron chi connectivity index (χ4n) is 3.84. The van der Waals surface area contributed by atoms with E-state index < -0.39 is 29.7 Å². The lowest BCUT2D eigenvalue weighted by Gasteiger charge is -2.47. The van der Waals surface area contributed by atoms with Gasteiger partial charge in [0.2, 0.25) is 0 Å². The first-order chi connectivity index (χ1) is 13.7. The van der Waals surface area contributed by atoms with Crippen LogP contribution >= 0.6 is 0 Å². The van der Waals surface area contributed by atoms with E-state index >= 15 is 0 Å². The molecule has 0 bridgehead atoms. The van der Waals surface area contributed by atoms with E-state index in [2.05, 4.69) is 29.2 Å². The van der Waals surface area contributed by atoms with Crippen molar-refractivity contribution in [2.45, 2.75) is 58.1 Å². The normalized spacial score (nSPS) is 25.8. The van der Waals surface area contributed by atoms with E-state index in [1.807, 2.05) is 43.3 Å². The molecule has 1 aliphatic rings. The van der Waals surface area contributed by atoms with Crippen LogP contribution in [0.1, 0.15) is 44.9 Å². The molecule has 1 fully saturated rings. The lowest BCUT2D eigenvalue weighted by Crippen LogP contribution is -2.62. The van der Waals surface area contributed by atoms with Gasteiger partial charge in [-0.3, -0.25) is 9.69 Å². The molecule has 1 heterocycles. The summed E-state index contributed by atoms with van der Waals surface area (Å²) in [6, 6.07) is 19.7. The highest BCUT2D eigenvalue weighted by molar-refractivity contribution is 5.75. The largest absolute Gasteiger partial charge is 0.457 e. The predicted molar refractivity (Wildman–Crippen MR) is 112 cm³/mol. The van der Waals surface area contributed by atoms with Gasteiger partial charge in [-0.1, -0.05) is 60.7 Å². The van der Waals surface area contributed by atoms with Crippen molar-refractivity contribution in [3.8, 4) is 0 Å². The number of β-amino-alcohol motifs (C(OH)–C–C–N with tert-alkyl or cyclic N) is 1. The number of aliphatic hydroxyl groups is 2. The SMILES string of the molecule is C[C@H]1[C@@H](OC(=O)C(C)(C)C)[C@H](O)[C@H](O)CN1C(c1ccccc1)c1ccccc1. The average molecular weight is 398 g/mol. The molecule has 5 heteroatoms.